The molecule has 0 aliphatic rings. The van der Waals surface area contributed by atoms with E-state index in [2.05, 4.69) is 4.98 Å². The lowest BCUT2D eigenvalue weighted by molar-refractivity contribution is 0.0697. The molecule has 0 aliphatic heterocycles. The standard InChI is InChI=1S/C13H16N2O3S/c16-5-1-6-19-7-4-15-9-14-11-8-10(13(17)18)2-3-12(11)15/h2-3,8-9,16H,1,4-7H2,(H,17,18). The molecule has 102 valence electrons. The van der Waals surface area contributed by atoms with Crippen molar-refractivity contribution in [2.24, 2.45) is 0 Å². The lowest BCUT2D eigenvalue weighted by Gasteiger charge is -2.04. The van der Waals surface area contributed by atoms with Crippen LogP contribution in [-0.2, 0) is 6.54 Å². The molecule has 1 heterocycles. The largest absolute Gasteiger partial charge is 0.478 e. The lowest BCUT2D eigenvalue weighted by Crippen LogP contribution is -2.00. The van der Waals surface area contributed by atoms with Crippen molar-refractivity contribution < 1.29 is 15.0 Å². The van der Waals surface area contributed by atoms with Crippen molar-refractivity contribution >= 4 is 28.8 Å². The Bertz CT molecular complexity index is 568. The quantitative estimate of drug-likeness (QED) is 0.757. The van der Waals surface area contributed by atoms with E-state index in [0.717, 1.165) is 30.0 Å². The summed E-state index contributed by atoms with van der Waals surface area (Å²) in [5.41, 5.74) is 1.92. The predicted molar refractivity (Wildman–Crippen MR) is 75.7 cm³/mol. The molecular weight excluding hydrogens is 264 g/mol. The highest BCUT2D eigenvalue weighted by atomic mass is 32.2. The van der Waals surface area contributed by atoms with Crippen molar-refractivity contribution in [1.29, 1.82) is 0 Å². The van der Waals surface area contributed by atoms with Gasteiger partial charge in [-0.1, -0.05) is 0 Å². The Morgan fingerprint density at radius 1 is 1.37 bits per heavy atom. The highest BCUT2D eigenvalue weighted by Gasteiger charge is 2.07. The number of benzene rings is 1. The SMILES string of the molecule is O=C(O)c1ccc2c(c1)ncn2CCSCCCO. The fourth-order valence-electron chi connectivity index (χ4n) is 1.81. The number of carbonyl (C=O) groups is 1. The van der Waals surface area contributed by atoms with Gasteiger partial charge in [0.1, 0.15) is 0 Å². The van der Waals surface area contributed by atoms with Crippen molar-refractivity contribution in [3.63, 3.8) is 0 Å². The normalized spacial score (nSPS) is 11.0. The van der Waals surface area contributed by atoms with Crippen LogP contribution in [0.25, 0.3) is 11.0 Å². The summed E-state index contributed by atoms with van der Waals surface area (Å²) in [7, 11) is 0. The Morgan fingerprint density at radius 3 is 2.95 bits per heavy atom. The number of aliphatic hydroxyl groups excluding tert-OH is 1. The maximum atomic E-state index is 10.9. The van der Waals surface area contributed by atoms with Crippen molar-refractivity contribution in [2.75, 3.05) is 18.1 Å². The Balaban J connectivity index is 2.02. The Hall–Kier alpha value is -1.53. The van der Waals surface area contributed by atoms with Crippen LogP contribution in [0.1, 0.15) is 16.8 Å². The second-order valence-corrected chi connectivity index (χ2v) is 5.36. The van der Waals surface area contributed by atoms with Crippen molar-refractivity contribution in [1.82, 2.24) is 9.55 Å². The minimum absolute atomic E-state index is 0.235. The third-order valence-corrected chi connectivity index (χ3v) is 3.84. The first-order chi connectivity index (χ1) is 9.22. The average Bonchev–Trinajstić information content (AvgIpc) is 2.81. The molecule has 0 aliphatic carbocycles. The topological polar surface area (TPSA) is 75.3 Å². The molecule has 0 unspecified atom stereocenters. The molecule has 0 fully saturated rings. The number of rotatable bonds is 7. The van der Waals surface area contributed by atoms with Gasteiger partial charge in [-0.15, -0.1) is 0 Å². The third kappa shape index (κ3) is 3.48. The zero-order chi connectivity index (χ0) is 13.7. The Kier molecular flexibility index (Phi) is 4.81. The van der Waals surface area contributed by atoms with E-state index in [1.165, 1.54) is 0 Å². The molecule has 0 saturated heterocycles. The second-order valence-electron chi connectivity index (χ2n) is 4.14. The van der Waals surface area contributed by atoms with Crippen LogP contribution in [0.15, 0.2) is 24.5 Å². The number of thioether (sulfide) groups is 1. The minimum atomic E-state index is -0.934. The number of imidazole rings is 1. The van der Waals surface area contributed by atoms with E-state index in [-0.39, 0.29) is 12.2 Å². The average molecular weight is 280 g/mol. The van der Waals surface area contributed by atoms with Gasteiger partial charge in [-0.2, -0.15) is 11.8 Å². The van der Waals surface area contributed by atoms with Crippen molar-refractivity contribution in [2.45, 2.75) is 13.0 Å². The summed E-state index contributed by atoms with van der Waals surface area (Å²) in [6.45, 7) is 1.07. The predicted octanol–water partition coefficient (Wildman–Crippen LogP) is 1.85. The lowest BCUT2D eigenvalue weighted by atomic mass is 10.2. The number of carboxylic acid groups (broad SMARTS) is 1. The van der Waals surface area contributed by atoms with Crippen LogP contribution >= 0.6 is 11.8 Å². The van der Waals surface area contributed by atoms with Gasteiger partial charge in [0, 0.05) is 18.9 Å². The van der Waals surface area contributed by atoms with Gasteiger partial charge in [-0.25, -0.2) is 9.78 Å². The summed E-state index contributed by atoms with van der Waals surface area (Å²) in [5.74, 6) is 0.967. The molecule has 0 radical (unpaired) electrons. The van der Waals surface area contributed by atoms with Crippen LogP contribution in [0.2, 0.25) is 0 Å². The number of aromatic carboxylic acids is 1. The summed E-state index contributed by atoms with van der Waals surface area (Å²) in [6, 6.07) is 4.99. The number of aromatic nitrogens is 2. The highest BCUT2D eigenvalue weighted by Crippen LogP contribution is 2.16. The van der Waals surface area contributed by atoms with E-state index >= 15 is 0 Å². The zero-order valence-corrected chi connectivity index (χ0v) is 11.3. The maximum absolute atomic E-state index is 10.9. The molecule has 1 aromatic heterocycles. The van der Waals surface area contributed by atoms with E-state index < -0.39 is 5.97 Å². The van der Waals surface area contributed by atoms with Crippen LogP contribution in [0.4, 0.5) is 0 Å². The molecule has 0 bridgehead atoms. The molecule has 0 amide bonds. The fourth-order valence-corrected chi connectivity index (χ4v) is 2.67. The van der Waals surface area contributed by atoms with Crippen LogP contribution in [-0.4, -0.2) is 43.8 Å². The number of hydrogen-bond acceptors (Lipinski definition) is 4. The van der Waals surface area contributed by atoms with E-state index in [1.807, 2.05) is 4.57 Å². The van der Waals surface area contributed by atoms with Gasteiger partial charge in [0.25, 0.3) is 0 Å². The Labute approximate surface area is 115 Å². The molecule has 19 heavy (non-hydrogen) atoms. The minimum Gasteiger partial charge on any atom is -0.478 e. The number of aliphatic hydroxyl groups is 1. The molecule has 2 N–H and O–H groups in total. The number of nitrogens with zero attached hydrogens (tertiary/aromatic N) is 2. The molecule has 2 rings (SSSR count). The molecular formula is C13H16N2O3S. The number of fused-ring (bicyclic) bond motifs is 1. The smallest absolute Gasteiger partial charge is 0.335 e. The molecule has 0 atom stereocenters. The van der Waals surface area contributed by atoms with E-state index in [9.17, 15) is 4.79 Å². The number of carboxylic acids is 1. The molecule has 0 saturated carbocycles. The zero-order valence-electron chi connectivity index (χ0n) is 10.5. The number of aryl methyl sites for hydroxylation is 1. The van der Waals surface area contributed by atoms with Gasteiger partial charge in [0.15, 0.2) is 0 Å². The summed E-state index contributed by atoms with van der Waals surface area (Å²) in [6.07, 6.45) is 2.56. The maximum Gasteiger partial charge on any atom is 0.335 e. The summed E-state index contributed by atoms with van der Waals surface area (Å²) in [4.78, 5) is 15.1. The highest BCUT2D eigenvalue weighted by molar-refractivity contribution is 7.99. The first-order valence-corrected chi connectivity index (χ1v) is 7.24. The van der Waals surface area contributed by atoms with Crippen LogP contribution in [0.5, 0.6) is 0 Å². The van der Waals surface area contributed by atoms with Crippen molar-refractivity contribution in [3.05, 3.63) is 30.1 Å². The molecule has 0 spiro atoms. The van der Waals surface area contributed by atoms with Gasteiger partial charge in [-0.05, 0) is 30.4 Å². The van der Waals surface area contributed by atoms with Gasteiger partial charge in [0.05, 0.1) is 22.9 Å². The Morgan fingerprint density at radius 2 is 2.21 bits per heavy atom. The summed E-state index contributed by atoms with van der Waals surface area (Å²) < 4.78 is 2.02. The molecule has 5 nitrogen and oxygen atoms in total. The van der Waals surface area contributed by atoms with Crippen molar-refractivity contribution in [3.8, 4) is 0 Å². The summed E-state index contributed by atoms with van der Waals surface area (Å²) in [5, 5.41) is 17.6. The second kappa shape index (κ2) is 6.58. The van der Waals surface area contributed by atoms with Gasteiger partial charge in [-0.3, -0.25) is 0 Å². The third-order valence-electron chi connectivity index (χ3n) is 2.79. The summed E-state index contributed by atoms with van der Waals surface area (Å²) >= 11 is 1.79. The molecule has 6 heteroatoms. The molecule has 1 aromatic carbocycles. The fraction of sp³-hybridized carbons (Fsp3) is 0.385. The van der Waals surface area contributed by atoms with Crippen LogP contribution in [0, 0.1) is 0 Å². The van der Waals surface area contributed by atoms with Crippen LogP contribution < -0.4 is 0 Å². The number of hydrogen-bond donors (Lipinski definition) is 2. The first-order valence-electron chi connectivity index (χ1n) is 6.09. The molecule has 2 aromatic rings. The van der Waals surface area contributed by atoms with Gasteiger partial charge < -0.3 is 14.8 Å². The van der Waals surface area contributed by atoms with E-state index in [0.29, 0.717) is 5.52 Å². The van der Waals surface area contributed by atoms with E-state index in [4.69, 9.17) is 10.2 Å². The first kappa shape index (κ1) is 13.9. The monoisotopic (exact) mass is 280 g/mol. The van der Waals surface area contributed by atoms with Crippen LogP contribution in [0.3, 0.4) is 0 Å². The van der Waals surface area contributed by atoms with E-state index in [1.54, 1.807) is 36.3 Å². The van der Waals surface area contributed by atoms with Gasteiger partial charge >= 0.3 is 5.97 Å². The van der Waals surface area contributed by atoms with Gasteiger partial charge in [0.2, 0.25) is 0 Å².